The highest BCUT2D eigenvalue weighted by Crippen LogP contribution is 2.42. The van der Waals surface area contributed by atoms with Crippen molar-refractivity contribution in [1.29, 1.82) is 0 Å². The van der Waals surface area contributed by atoms with Gasteiger partial charge in [-0.2, -0.15) is 0 Å². The standard InChI is InChI=1S/C11H11NO4/c1-6-4-7-9(5-8(6)12(14)15)16-10(13)11(7,2)3/h4-5H,1-3H3. The lowest BCUT2D eigenvalue weighted by Gasteiger charge is -2.12. The number of nitrogens with zero attached hydrogens (tertiary/aromatic N) is 1. The highest BCUT2D eigenvalue weighted by Gasteiger charge is 2.42. The smallest absolute Gasteiger partial charge is 0.321 e. The normalized spacial score (nSPS) is 16.8. The first-order valence-electron chi connectivity index (χ1n) is 4.86. The molecule has 1 heterocycles. The number of rotatable bonds is 1. The number of nitro benzene ring substituents is 1. The second kappa shape index (κ2) is 3.04. The van der Waals surface area contributed by atoms with E-state index in [1.54, 1.807) is 26.8 Å². The number of fused-ring (bicyclic) bond motifs is 1. The van der Waals surface area contributed by atoms with Crippen molar-refractivity contribution in [2.45, 2.75) is 26.2 Å². The first-order chi connectivity index (χ1) is 7.34. The van der Waals surface area contributed by atoms with Crippen molar-refractivity contribution in [1.82, 2.24) is 0 Å². The highest BCUT2D eigenvalue weighted by molar-refractivity contribution is 5.90. The predicted octanol–water partition coefficient (Wildman–Crippen LogP) is 2.10. The van der Waals surface area contributed by atoms with E-state index in [-0.39, 0.29) is 11.7 Å². The van der Waals surface area contributed by atoms with E-state index in [1.807, 2.05) is 0 Å². The molecule has 16 heavy (non-hydrogen) atoms. The van der Waals surface area contributed by atoms with E-state index in [2.05, 4.69) is 0 Å². The molecule has 0 fully saturated rings. The number of hydrogen-bond donors (Lipinski definition) is 0. The van der Waals surface area contributed by atoms with E-state index in [9.17, 15) is 14.9 Å². The zero-order valence-corrected chi connectivity index (χ0v) is 9.23. The Bertz CT molecular complexity index is 505. The van der Waals surface area contributed by atoms with Gasteiger partial charge >= 0.3 is 5.97 Å². The van der Waals surface area contributed by atoms with Crippen molar-refractivity contribution in [3.05, 3.63) is 33.4 Å². The number of hydrogen-bond acceptors (Lipinski definition) is 4. The van der Waals surface area contributed by atoms with Gasteiger partial charge in [-0.05, 0) is 26.8 Å². The molecule has 1 aliphatic rings. The second-order valence-electron chi connectivity index (χ2n) is 4.41. The molecule has 0 aromatic heterocycles. The zero-order valence-electron chi connectivity index (χ0n) is 9.23. The molecular weight excluding hydrogens is 210 g/mol. The van der Waals surface area contributed by atoms with Crippen LogP contribution in [-0.4, -0.2) is 10.9 Å². The average molecular weight is 221 g/mol. The van der Waals surface area contributed by atoms with Crippen molar-refractivity contribution in [2.24, 2.45) is 0 Å². The summed E-state index contributed by atoms with van der Waals surface area (Å²) in [6, 6.07) is 2.97. The van der Waals surface area contributed by atoms with Crippen LogP contribution in [0.2, 0.25) is 0 Å². The minimum absolute atomic E-state index is 0.0238. The molecule has 0 N–H and O–H groups in total. The van der Waals surface area contributed by atoms with Crippen molar-refractivity contribution in [3.8, 4) is 5.75 Å². The molecule has 2 rings (SSSR count). The molecule has 5 nitrogen and oxygen atoms in total. The quantitative estimate of drug-likeness (QED) is 0.315. The number of carbonyl (C=O) groups excluding carboxylic acids is 1. The van der Waals surface area contributed by atoms with Gasteiger partial charge in [-0.25, -0.2) is 0 Å². The van der Waals surface area contributed by atoms with E-state index in [1.165, 1.54) is 6.07 Å². The van der Waals surface area contributed by atoms with E-state index < -0.39 is 10.3 Å². The van der Waals surface area contributed by atoms with Crippen LogP contribution in [0.3, 0.4) is 0 Å². The highest BCUT2D eigenvalue weighted by atomic mass is 16.6. The van der Waals surface area contributed by atoms with E-state index in [4.69, 9.17) is 4.74 Å². The first kappa shape index (κ1) is 10.6. The second-order valence-corrected chi connectivity index (χ2v) is 4.41. The van der Waals surface area contributed by atoms with Crippen LogP contribution in [-0.2, 0) is 10.2 Å². The summed E-state index contributed by atoms with van der Waals surface area (Å²) in [5, 5.41) is 10.7. The molecule has 0 saturated carbocycles. The van der Waals surface area contributed by atoms with E-state index in [0.717, 1.165) is 0 Å². The monoisotopic (exact) mass is 221 g/mol. The van der Waals surface area contributed by atoms with Gasteiger partial charge in [0.2, 0.25) is 0 Å². The molecule has 0 amide bonds. The first-order valence-corrected chi connectivity index (χ1v) is 4.86. The molecular formula is C11H11NO4. The molecule has 1 aromatic carbocycles. The molecule has 1 aromatic rings. The molecule has 0 radical (unpaired) electrons. The summed E-state index contributed by atoms with van der Waals surface area (Å²) in [6.07, 6.45) is 0. The molecule has 0 bridgehead atoms. The number of ether oxygens (including phenoxy) is 1. The zero-order chi connectivity index (χ0) is 12.1. The minimum Gasteiger partial charge on any atom is -0.425 e. The van der Waals surface area contributed by atoms with Gasteiger partial charge in [0.05, 0.1) is 16.4 Å². The summed E-state index contributed by atoms with van der Waals surface area (Å²) >= 11 is 0. The fourth-order valence-corrected chi connectivity index (χ4v) is 1.78. The minimum atomic E-state index is -0.727. The number of nitro groups is 1. The van der Waals surface area contributed by atoms with Crippen molar-refractivity contribution < 1.29 is 14.5 Å². The van der Waals surface area contributed by atoms with E-state index in [0.29, 0.717) is 16.9 Å². The maximum atomic E-state index is 11.6. The summed E-state index contributed by atoms with van der Waals surface area (Å²) < 4.78 is 5.02. The summed E-state index contributed by atoms with van der Waals surface area (Å²) in [5.74, 6) is -0.0744. The van der Waals surface area contributed by atoms with Crippen LogP contribution in [0, 0.1) is 17.0 Å². The molecule has 0 spiro atoms. The predicted molar refractivity (Wildman–Crippen MR) is 56.5 cm³/mol. The molecule has 0 saturated heterocycles. The number of carbonyl (C=O) groups is 1. The van der Waals surface area contributed by atoms with Gasteiger partial charge in [0.15, 0.2) is 0 Å². The fourth-order valence-electron chi connectivity index (χ4n) is 1.78. The SMILES string of the molecule is Cc1cc2c(cc1[N+](=O)[O-])OC(=O)C2(C)C. The molecule has 1 aliphatic heterocycles. The third-order valence-corrected chi connectivity index (χ3v) is 2.88. The van der Waals surface area contributed by atoms with Gasteiger partial charge < -0.3 is 4.74 Å². The largest absolute Gasteiger partial charge is 0.425 e. The number of benzene rings is 1. The van der Waals surface area contributed by atoms with Crippen molar-refractivity contribution in [2.75, 3.05) is 0 Å². The van der Waals surface area contributed by atoms with Crippen molar-refractivity contribution in [3.63, 3.8) is 0 Å². The van der Waals surface area contributed by atoms with Crippen LogP contribution in [0.4, 0.5) is 5.69 Å². The Kier molecular flexibility index (Phi) is 2.01. The van der Waals surface area contributed by atoms with Gasteiger partial charge in [-0.1, -0.05) is 0 Å². The average Bonchev–Trinajstić information content (AvgIpc) is 2.38. The van der Waals surface area contributed by atoms with Gasteiger partial charge in [-0.15, -0.1) is 0 Å². The van der Waals surface area contributed by atoms with Gasteiger partial charge in [0.1, 0.15) is 5.75 Å². The van der Waals surface area contributed by atoms with Crippen LogP contribution in [0.1, 0.15) is 25.0 Å². The maximum Gasteiger partial charge on any atom is 0.321 e. The Labute approximate surface area is 92.2 Å². The van der Waals surface area contributed by atoms with Gasteiger partial charge in [-0.3, -0.25) is 14.9 Å². The summed E-state index contributed by atoms with van der Waals surface area (Å²) in [5.41, 5.74) is 0.495. The van der Waals surface area contributed by atoms with Gasteiger partial charge in [0, 0.05) is 11.1 Å². The maximum absolute atomic E-state index is 11.6. The van der Waals surface area contributed by atoms with Crippen molar-refractivity contribution >= 4 is 11.7 Å². The van der Waals surface area contributed by atoms with E-state index >= 15 is 0 Å². The third-order valence-electron chi connectivity index (χ3n) is 2.88. The van der Waals surface area contributed by atoms with Crippen LogP contribution in [0.25, 0.3) is 0 Å². The lowest BCUT2D eigenvalue weighted by Crippen LogP contribution is -2.25. The topological polar surface area (TPSA) is 69.4 Å². The fraction of sp³-hybridized carbons (Fsp3) is 0.364. The Morgan fingerprint density at radius 3 is 2.56 bits per heavy atom. The summed E-state index contributed by atoms with van der Waals surface area (Å²) in [7, 11) is 0. The Hall–Kier alpha value is -1.91. The van der Waals surface area contributed by atoms with Gasteiger partial charge in [0.25, 0.3) is 5.69 Å². The Morgan fingerprint density at radius 1 is 1.38 bits per heavy atom. The molecule has 0 atom stereocenters. The number of esters is 1. The lowest BCUT2D eigenvalue weighted by molar-refractivity contribution is -0.385. The third kappa shape index (κ3) is 1.28. The Morgan fingerprint density at radius 2 is 2.00 bits per heavy atom. The lowest BCUT2D eigenvalue weighted by atomic mass is 9.85. The van der Waals surface area contributed by atoms with Crippen LogP contribution >= 0.6 is 0 Å². The summed E-state index contributed by atoms with van der Waals surface area (Å²) in [4.78, 5) is 21.8. The molecule has 84 valence electrons. The van der Waals surface area contributed by atoms with Crippen LogP contribution in [0.5, 0.6) is 5.75 Å². The number of aryl methyl sites for hydroxylation is 1. The van der Waals surface area contributed by atoms with Crippen LogP contribution < -0.4 is 4.74 Å². The molecule has 0 unspecified atom stereocenters. The Balaban J connectivity index is 2.65. The molecule has 0 aliphatic carbocycles. The van der Waals surface area contributed by atoms with Crippen LogP contribution in [0.15, 0.2) is 12.1 Å². The summed E-state index contributed by atoms with van der Waals surface area (Å²) in [6.45, 7) is 5.14. The molecule has 5 heteroatoms.